The van der Waals surface area contributed by atoms with E-state index >= 15 is 0 Å². The van der Waals surface area contributed by atoms with E-state index in [2.05, 4.69) is 5.32 Å². The first-order valence-corrected chi connectivity index (χ1v) is 13.2. The Balaban J connectivity index is 1.65. The molecule has 6 nitrogen and oxygen atoms in total. The predicted octanol–water partition coefficient (Wildman–Crippen LogP) is 5.76. The quantitative estimate of drug-likeness (QED) is 0.408. The zero-order valence-electron chi connectivity index (χ0n) is 20.9. The van der Waals surface area contributed by atoms with Crippen LogP contribution in [-0.4, -0.2) is 38.7 Å². The molecule has 0 unspecified atom stereocenters. The van der Waals surface area contributed by atoms with Crippen molar-refractivity contribution >= 4 is 34.2 Å². The van der Waals surface area contributed by atoms with Crippen LogP contribution in [0.5, 0.6) is 0 Å². The maximum Gasteiger partial charge on any atom is 0.255 e. The highest BCUT2D eigenvalue weighted by molar-refractivity contribution is 8.14. The maximum atomic E-state index is 14.0. The van der Waals surface area contributed by atoms with Gasteiger partial charge < -0.3 is 15.3 Å². The van der Waals surface area contributed by atoms with E-state index < -0.39 is 11.9 Å². The summed E-state index contributed by atoms with van der Waals surface area (Å²) in [4.78, 5) is 22.3. The first kappa shape index (κ1) is 25.0. The maximum absolute atomic E-state index is 14.0. The molecule has 0 saturated carbocycles. The number of amidine groups is 1. The molecular weight excluding hydrogens is 487 g/mol. The number of thioether (sulfide) groups is 1. The van der Waals surface area contributed by atoms with Gasteiger partial charge in [-0.25, -0.2) is 9.38 Å². The minimum Gasteiger partial charge on any atom is -0.353 e. The van der Waals surface area contributed by atoms with Gasteiger partial charge in [0, 0.05) is 17.4 Å². The lowest BCUT2D eigenvalue weighted by molar-refractivity contribution is -0.114. The van der Waals surface area contributed by atoms with Gasteiger partial charge in [-0.1, -0.05) is 60.3 Å². The lowest BCUT2D eigenvalue weighted by atomic mass is 9.92. The van der Waals surface area contributed by atoms with Crippen molar-refractivity contribution in [1.29, 1.82) is 0 Å². The van der Waals surface area contributed by atoms with Crippen molar-refractivity contribution in [1.82, 2.24) is 4.90 Å². The van der Waals surface area contributed by atoms with Crippen molar-refractivity contribution in [3.05, 3.63) is 108 Å². The van der Waals surface area contributed by atoms with E-state index in [9.17, 15) is 14.3 Å². The molecule has 0 bridgehead atoms. The number of halogens is 1. The van der Waals surface area contributed by atoms with Gasteiger partial charge in [-0.15, -0.1) is 0 Å². The summed E-state index contributed by atoms with van der Waals surface area (Å²) >= 11 is 1.44. The number of aliphatic imine (C=N–C) groups is 1. The predicted molar refractivity (Wildman–Crippen MR) is 148 cm³/mol. The van der Waals surface area contributed by atoms with E-state index in [1.165, 1.54) is 23.9 Å². The van der Waals surface area contributed by atoms with Crippen LogP contribution < -0.4 is 10.2 Å². The molecule has 5 rings (SSSR count). The van der Waals surface area contributed by atoms with Crippen LogP contribution in [0.25, 0.3) is 0 Å². The van der Waals surface area contributed by atoms with E-state index in [1.807, 2.05) is 84.3 Å². The number of carbonyl (C=O) groups is 1. The average Bonchev–Trinajstić information content (AvgIpc) is 3.21. The molecule has 2 atom stereocenters. The second-order valence-corrected chi connectivity index (χ2v) is 10.3. The average molecular weight is 517 g/mol. The van der Waals surface area contributed by atoms with Gasteiger partial charge >= 0.3 is 0 Å². The highest BCUT2D eigenvalue weighted by Gasteiger charge is 2.55. The number of benzene rings is 3. The van der Waals surface area contributed by atoms with E-state index in [1.54, 1.807) is 19.1 Å². The zero-order chi connectivity index (χ0) is 26.2. The van der Waals surface area contributed by atoms with Gasteiger partial charge in [0.2, 0.25) is 5.85 Å². The number of aliphatic hydroxyl groups is 1. The number of anilines is 2. The van der Waals surface area contributed by atoms with Crippen LogP contribution in [0.3, 0.4) is 0 Å². The van der Waals surface area contributed by atoms with Crippen LogP contribution in [0.15, 0.2) is 101 Å². The summed E-state index contributed by atoms with van der Waals surface area (Å²) in [6.45, 7) is 5.84. The molecule has 0 radical (unpaired) electrons. The Hall–Kier alpha value is -3.62. The normalized spacial score (nSPS) is 21.1. The summed E-state index contributed by atoms with van der Waals surface area (Å²) in [7, 11) is 0. The molecule has 2 aliphatic heterocycles. The Morgan fingerprint density at radius 2 is 1.70 bits per heavy atom. The lowest BCUT2D eigenvalue weighted by Gasteiger charge is -2.50. The number of carbonyl (C=O) groups excluding carboxylic acids is 1. The molecule has 1 saturated heterocycles. The van der Waals surface area contributed by atoms with Crippen LogP contribution in [0.2, 0.25) is 0 Å². The van der Waals surface area contributed by atoms with Gasteiger partial charge in [-0.2, -0.15) is 0 Å². The summed E-state index contributed by atoms with van der Waals surface area (Å²) in [5.41, 5.74) is 3.14. The Bertz CT molecular complexity index is 1350. The molecule has 37 heavy (non-hydrogen) atoms. The minimum absolute atomic E-state index is 0.0742. The molecule has 3 aromatic carbocycles. The molecular formula is C29H29FN4O2S. The number of fused-ring (bicyclic) bond motifs is 1. The van der Waals surface area contributed by atoms with Crippen LogP contribution in [0.4, 0.5) is 15.8 Å². The highest BCUT2D eigenvalue weighted by Crippen LogP contribution is 2.48. The molecule has 0 aliphatic carbocycles. The van der Waals surface area contributed by atoms with Crippen molar-refractivity contribution in [3.63, 3.8) is 0 Å². The summed E-state index contributed by atoms with van der Waals surface area (Å²) in [5, 5.41) is 16.0. The van der Waals surface area contributed by atoms with Crippen molar-refractivity contribution in [3.8, 4) is 0 Å². The summed E-state index contributed by atoms with van der Waals surface area (Å²) in [5.74, 6) is -1.88. The molecule has 3 aromatic rings. The fourth-order valence-corrected chi connectivity index (χ4v) is 6.24. The monoisotopic (exact) mass is 516 g/mol. The number of hydrogen-bond donors (Lipinski definition) is 2. The van der Waals surface area contributed by atoms with E-state index in [0.29, 0.717) is 33.4 Å². The largest absolute Gasteiger partial charge is 0.353 e. The van der Waals surface area contributed by atoms with Crippen LogP contribution in [-0.2, 0) is 4.79 Å². The molecule has 2 N–H and O–H groups in total. The third-order valence-corrected chi connectivity index (χ3v) is 7.65. The van der Waals surface area contributed by atoms with Gasteiger partial charge in [0.25, 0.3) is 5.91 Å². The number of nitrogens with one attached hydrogen (secondary N) is 1. The smallest absolute Gasteiger partial charge is 0.255 e. The Morgan fingerprint density at radius 1 is 1.08 bits per heavy atom. The minimum atomic E-state index is -1.50. The Morgan fingerprint density at radius 3 is 2.32 bits per heavy atom. The van der Waals surface area contributed by atoms with Gasteiger partial charge in [0.05, 0.1) is 23.1 Å². The van der Waals surface area contributed by atoms with E-state index in [-0.39, 0.29) is 17.8 Å². The molecule has 2 aliphatic rings. The van der Waals surface area contributed by atoms with Crippen LogP contribution in [0.1, 0.15) is 32.4 Å². The molecule has 8 heteroatoms. The number of para-hydroxylation sites is 2. The first-order chi connectivity index (χ1) is 17.8. The van der Waals surface area contributed by atoms with Crippen molar-refractivity contribution in [2.45, 2.75) is 38.7 Å². The number of nitrogens with zero attached hydrogens (tertiary/aromatic N) is 3. The third-order valence-electron chi connectivity index (χ3n) is 6.57. The Kier molecular flexibility index (Phi) is 6.79. The number of rotatable bonds is 6. The zero-order valence-corrected chi connectivity index (χ0v) is 21.7. The highest BCUT2D eigenvalue weighted by atomic mass is 32.2. The second-order valence-electron chi connectivity index (χ2n) is 9.40. The summed E-state index contributed by atoms with van der Waals surface area (Å²) in [6, 6.07) is 24.2. The van der Waals surface area contributed by atoms with Gasteiger partial charge in [-0.3, -0.25) is 9.69 Å². The summed E-state index contributed by atoms with van der Waals surface area (Å²) < 4.78 is 14.0. The fourth-order valence-electron chi connectivity index (χ4n) is 5.05. The fraction of sp³-hybridized carbons (Fsp3) is 0.241. The molecule has 1 amide bonds. The molecule has 0 aromatic heterocycles. The first-order valence-electron chi connectivity index (χ1n) is 12.2. The van der Waals surface area contributed by atoms with Crippen LogP contribution >= 0.6 is 11.8 Å². The second kappa shape index (κ2) is 10.0. The van der Waals surface area contributed by atoms with Crippen molar-refractivity contribution < 1.29 is 14.3 Å². The van der Waals surface area contributed by atoms with Crippen molar-refractivity contribution in [2.75, 3.05) is 16.0 Å². The number of amides is 1. The Labute approximate surface area is 220 Å². The molecule has 190 valence electrons. The summed E-state index contributed by atoms with van der Waals surface area (Å²) in [6.07, 6.45) is 0. The SMILES string of the molecule is CC1=C(C(=O)Nc2ccccc2)[C@@H](c2ccc(F)cc2)N2C(=N1)SC[C@@]2(O)N(c1ccccc1)C(C)C. The molecule has 2 heterocycles. The van der Waals surface area contributed by atoms with E-state index in [0.717, 1.165) is 5.69 Å². The molecule has 1 fully saturated rings. The standard InChI is InChI=1S/C29H29FN4O2S/c1-19(2)33(24-12-8-5-9-13-24)29(36)18-37-28-31-20(3)25(27(35)32-23-10-6-4-7-11-23)26(34(28)29)21-14-16-22(30)17-15-21/h4-17,19,26,36H,18H2,1-3H3,(H,32,35)/t26-,29-/m1/s1. The molecule has 0 spiro atoms. The van der Waals surface area contributed by atoms with Crippen molar-refractivity contribution in [2.24, 2.45) is 4.99 Å². The van der Waals surface area contributed by atoms with Gasteiger partial charge in [-0.05, 0) is 62.7 Å². The van der Waals surface area contributed by atoms with Gasteiger partial charge in [0.1, 0.15) is 5.82 Å². The third kappa shape index (κ3) is 4.63. The van der Waals surface area contributed by atoms with Gasteiger partial charge in [0.15, 0.2) is 5.17 Å². The van der Waals surface area contributed by atoms with Crippen LogP contribution in [0, 0.1) is 5.82 Å². The van der Waals surface area contributed by atoms with E-state index in [4.69, 9.17) is 4.99 Å². The number of allylic oxidation sites excluding steroid dienone is 1. The number of hydrogen-bond acceptors (Lipinski definition) is 6. The topological polar surface area (TPSA) is 68.2 Å². The lowest BCUT2D eigenvalue weighted by Crippen LogP contribution is -2.64.